The standard InChI is InChI=1S/C18H29NO3Si/c1-17(2,3)23(5,6)22-14-9-7-13(8-10-14)11-15(19)16(20)18(4)12-21-18/h7-10,15H,11-12,19H2,1-6H3/t15?,18-/m1/s1. The van der Waals surface area contributed by atoms with Crippen LogP contribution in [0.15, 0.2) is 24.3 Å². The SMILES string of the molecule is CC(C)(C)[Si](C)(C)Oc1ccc(CC(N)C(=O)[C@@]2(C)CO2)cc1. The van der Waals surface area contributed by atoms with Gasteiger partial charge in [-0.1, -0.05) is 32.9 Å². The van der Waals surface area contributed by atoms with Gasteiger partial charge >= 0.3 is 0 Å². The number of hydrogen-bond acceptors (Lipinski definition) is 4. The lowest BCUT2D eigenvalue weighted by atomic mass is 9.96. The Hall–Kier alpha value is -1.17. The summed E-state index contributed by atoms with van der Waals surface area (Å²) in [5.74, 6) is 0.872. The summed E-state index contributed by atoms with van der Waals surface area (Å²) in [6, 6.07) is 7.41. The van der Waals surface area contributed by atoms with Crippen LogP contribution in [0.4, 0.5) is 0 Å². The molecule has 1 aromatic carbocycles. The van der Waals surface area contributed by atoms with E-state index in [1.807, 2.05) is 24.3 Å². The first-order valence-electron chi connectivity index (χ1n) is 8.16. The molecular formula is C18H29NO3Si. The number of Topliss-reactive ketones (excluding diaryl/α,β-unsaturated/α-hetero) is 1. The molecule has 1 aliphatic rings. The van der Waals surface area contributed by atoms with Crippen molar-refractivity contribution in [2.75, 3.05) is 6.61 Å². The molecule has 2 atom stereocenters. The van der Waals surface area contributed by atoms with E-state index in [2.05, 4.69) is 33.9 Å². The molecule has 2 N–H and O–H groups in total. The molecule has 1 heterocycles. The zero-order valence-electron chi connectivity index (χ0n) is 15.1. The molecule has 1 unspecified atom stereocenters. The van der Waals surface area contributed by atoms with E-state index in [-0.39, 0.29) is 10.8 Å². The van der Waals surface area contributed by atoms with E-state index in [0.717, 1.165) is 11.3 Å². The monoisotopic (exact) mass is 335 g/mol. The molecule has 23 heavy (non-hydrogen) atoms. The van der Waals surface area contributed by atoms with E-state index >= 15 is 0 Å². The predicted molar refractivity (Wildman–Crippen MR) is 95.3 cm³/mol. The second-order valence-electron chi connectivity index (χ2n) is 8.20. The van der Waals surface area contributed by atoms with Gasteiger partial charge in [-0.2, -0.15) is 0 Å². The van der Waals surface area contributed by atoms with Crippen LogP contribution in [0, 0.1) is 0 Å². The number of carbonyl (C=O) groups excluding carboxylic acids is 1. The Kier molecular flexibility index (Phi) is 4.77. The number of ketones is 1. The van der Waals surface area contributed by atoms with E-state index < -0.39 is 20.0 Å². The van der Waals surface area contributed by atoms with Gasteiger partial charge in [-0.25, -0.2) is 0 Å². The third-order valence-corrected chi connectivity index (χ3v) is 9.35. The van der Waals surface area contributed by atoms with Crippen LogP contribution >= 0.6 is 0 Å². The largest absolute Gasteiger partial charge is 0.544 e. The first-order valence-corrected chi connectivity index (χ1v) is 11.1. The summed E-state index contributed by atoms with van der Waals surface area (Å²) in [4.78, 5) is 12.1. The van der Waals surface area contributed by atoms with E-state index in [1.54, 1.807) is 6.92 Å². The Bertz CT molecular complexity index is 571. The Balaban J connectivity index is 1.98. The number of carbonyl (C=O) groups is 1. The molecule has 5 heteroatoms. The van der Waals surface area contributed by atoms with Crippen LogP contribution < -0.4 is 10.2 Å². The topological polar surface area (TPSA) is 64.8 Å². The molecule has 0 radical (unpaired) electrons. The molecule has 0 aromatic heterocycles. The first kappa shape index (κ1) is 18.2. The lowest BCUT2D eigenvalue weighted by Gasteiger charge is -2.36. The molecule has 1 aromatic rings. The minimum absolute atomic E-state index is 0.0147. The first-order chi connectivity index (χ1) is 10.4. The van der Waals surface area contributed by atoms with E-state index in [4.69, 9.17) is 14.9 Å². The highest BCUT2D eigenvalue weighted by Gasteiger charge is 2.48. The van der Waals surface area contributed by atoms with Gasteiger partial charge in [-0.15, -0.1) is 0 Å². The zero-order valence-corrected chi connectivity index (χ0v) is 16.1. The highest BCUT2D eigenvalue weighted by molar-refractivity contribution is 6.74. The molecule has 128 valence electrons. The van der Waals surface area contributed by atoms with E-state index in [9.17, 15) is 4.79 Å². The van der Waals surface area contributed by atoms with Crippen LogP contribution in [0.3, 0.4) is 0 Å². The molecule has 1 aliphatic heterocycles. The quantitative estimate of drug-likeness (QED) is 0.640. The Morgan fingerprint density at radius 2 is 1.87 bits per heavy atom. The van der Waals surface area contributed by atoms with Crippen LogP contribution in [0.1, 0.15) is 33.3 Å². The molecule has 0 saturated carbocycles. The molecule has 0 bridgehead atoms. The lowest BCUT2D eigenvalue weighted by molar-refractivity contribution is -0.124. The van der Waals surface area contributed by atoms with Gasteiger partial charge in [0.2, 0.25) is 8.32 Å². The van der Waals surface area contributed by atoms with Gasteiger partial charge in [-0.05, 0) is 49.2 Å². The fourth-order valence-electron chi connectivity index (χ4n) is 2.13. The van der Waals surface area contributed by atoms with Crippen LogP contribution in [-0.2, 0) is 16.0 Å². The summed E-state index contributed by atoms with van der Waals surface area (Å²) in [5.41, 5.74) is 6.41. The van der Waals surface area contributed by atoms with Crippen molar-refractivity contribution in [2.24, 2.45) is 5.73 Å². The Morgan fingerprint density at radius 3 is 2.30 bits per heavy atom. The normalized spacial score (nSPS) is 22.6. The van der Waals surface area contributed by atoms with Gasteiger partial charge in [0.05, 0.1) is 12.6 Å². The second-order valence-corrected chi connectivity index (χ2v) is 12.9. The fraction of sp³-hybridized carbons (Fsp3) is 0.611. The van der Waals surface area contributed by atoms with Crippen molar-refractivity contribution in [1.29, 1.82) is 0 Å². The number of nitrogens with two attached hydrogens (primary N) is 1. The average Bonchev–Trinajstić information content (AvgIpc) is 3.17. The van der Waals surface area contributed by atoms with Crippen molar-refractivity contribution in [3.63, 3.8) is 0 Å². The summed E-state index contributed by atoms with van der Waals surface area (Å²) >= 11 is 0. The predicted octanol–water partition coefficient (Wildman–Crippen LogP) is 3.30. The van der Waals surface area contributed by atoms with Crippen molar-refractivity contribution in [1.82, 2.24) is 0 Å². The van der Waals surface area contributed by atoms with Gasteiger partial charge in [-0.3, -0.25) is 4.79 Å². The number of benzene rings is 1. The maximum Gasteiger partial charge on any atom is 0.250 e. The summed E-state index contributed by atoms with van der Waals surface area (Å²) in [7, 11) is -1.82. The van der Waals surface area contributed by atoms with E-state index in [1.165, 1.54) is 0 Å². The number of rotatable bonds is 6. The highest BCUT2D eigenvalue weighted by atomic mass is 28.4. The molecule has 2 rings (SSSR count). The highest BCUT2D eigenvalue weighted by Crippen LogP contribution is 2.37. The Morgan fingerprint density at radius 1 is 1.35 bits per heavy atom. The fourth-order valence-corrected chi connectivity index (χ4v) is 3.16. The van der Waals surface area contributed by atoms with Crippen LogP contribution in [0.2, 0.25) is 18.1 Å². The number of hydrogen-bond donors (Lipinski definition) is 1. The van der Waals surface area contributed by atoms with Crippen LogP contribution in [0.5, 0.6) is 5.75 Å². The summed E-state index contributed by atoms with van der Waals surface area (Å²) in [5, 5.41) is 0.167. The molecule has 1 saturated heterocycles. The van der Waals surface area contributed by atoms with Crippen LogP contribution in [-0.4, -0.2) is 32.4 Å². The van der Waals surface area contributed by atoms with Crippen molar-refractivity contribution >= 4 is 14.1 Å². The van der Waals surface area contributed by atoms with Gasteiger partial charge in [0, 0.05) is 0 Å². The maximum atomic E-state index is 12.1. The van der Waals surface area contributed by atoms with Crippen LogP contribution in [0.25, 0.3) is 0 Å². The molecule has 0 aliphatic carbocycles. The molecule has 4 nitrogen and oxygen atoms in total. The van der Waals surface area contributed by atoms with Crippen molar-refractivity contribution in [3.05, 3.63) is 29.8 Å². The molecule has 0 spiro atoms. The van der Waals surface area contributed by atoms with Crippen molar-refractivity contribution < 1.29 is 14.0 Å². The zero-order chi connectivity index (χ0) is 17.5. The van der Waals surface area contributed by atoms with Gasteiger partial charge in [0.1, 0.15) is 11.4 Å². The molecule has 1 fully saturated rings. The average molecular weight is 336 g/mol. The van der Waals surface area contributed by atoms with E-state index in [0.29, 0.717) is 13.0 Å². The maximum absolute atomic E-state index is 12.1. The third kappa shape index (κ3) is 4.22. The second kappa shape index (κ2) is 6.04. The summed E-state index contributed by atoms with van der Waals surface area (Å²) in [6.07, 6.45) is 0.526. The number of ether oxygens (including phenoxy) is 1. The third-order valence-electron chi connectivity index (χ3n) is 4.99. The smallest absolute Gasteiger partial charge is 0.250 e. The van der Waals surface area contributed by atoms with Gasteiger partial charge in [0.15, 0.2) is 5.78 Å². The Labute approximate surface area is 140 Å². The molecular weight excluding hydrogens is 306 g/mol. The number of epoxide rings is 1. The van der Waals surface area contributed by atoms with Gasteiger partial charge < -0.3 is 14.9 Å². The van der Waals surface area contributed by atoms with Crippen molar-refractivity contribution in [2.45, 2.75) is 63.9 Å². The van der Waals surface area contributed by atoms with Gasteiger partial charge in [0.25, 0.3) is 0 Å². The van der Waals surface area contributed by atoms with Crippen molar-refractivity contribution in [3.8, 4) is 5.75 Å². The minimum Gasteiger partial charge on any atom is -0.544 e. The minimum atomic E-state index is -1.82. The lowest BCUT2D eigenvalue weighted by Crippen LogP contribution is -2.43. The molecule has 0 amide bonds. The summed E-state index contributed by atoms with van der Waals surface area (Å²) < 4.78 is 11.4. The summed E-state index contributed by atoms with van der Waals surface area (Å²) in [6.45, 7) is 13.4.